The molecule has 1 unspecified atom stereocenters. The summed E-state index contributed by atoms with van der Waals surface area (Å²) in [5.74, 6) is -0.570. The van der Waals surface area contributed by atoms with Crippen LogP contribution in [0, 0.1) is 5.82 Å². The molecule has 2 amide bonds. The van der Waals surface area contributed by atoms with Crippen molar-refractivity contribution < 1.29 is 18.7 Å². The number of nitrogens with one attached hydrogen (secondary N) is 1. The highest BCUT2D eigenvalue weighted by Gasteiger charge is 2.31. The van der Waals surface area contributed by atoms with Gasteiger partial charge in [0.15, 0.2) is 6.61 Å². The molecule has 0 saturated carbocycles. The van der Waals surface area contributed by atoms with E-state index in [1.165, 1.54) is 17.0 Å². The molecule has 3 aromatic carbocycles. The van der Waals surface area contributed by atoms with Crippen molar-refractivity contribution in [1.82, 2.24) is 10.2 Å². The number of rotatable bonds is 10. The van der Waals surface area contributed by atoms with Crippen molar-refractivity contribution in [2.45, 2.75) is 38.9 Å². The van der Waals surface area contributed by atoms with E-state index in [0.717, 1.165) is 5.56 Å². The topological polar surface area (TPSA) is 58.6 Å². The SMILES string of the molecule is CC(C)NC(=O)C(Cc1ccccc1)N(Cc1ccc(F)cc1)C(=O)COc1ccc(Cl)cc1Br. The number of ether oxygens (including phenoxy) is 1. The first kappa shape index (κ1) is 26.7. The third-order valence-corrected chi connectivity index (χ3v) is 6.07. The quantitative estimate of drug-likeness (QED) is 0.341. The van der Waals surface area contributed by atoms with Gasteiger partial charge in [0, 0.05) is 24.0 Å². The molecule has 0 spiro atoms. The first-order valence-electron chi connectivity index (χ1n) is 11.2. The predicted molar refractivity (Wildman–Crippen MR) is 139 cm³/mol. The predicted octanol–water partition coefficient (Wildman–Crippen LogP) is 5.79. The first-order valence-corrected chi connectivity index (χ1v) is 12.4. The van der Waals surface area contributed by atoms with E-state index >= 15 is 0 Å². The van der Waals surface area contributed by atoms with Crippen LogP contribution in [0.25, 0.3) is 0 Å². The summed E-state index contributed by atoms with van der Waals surface area (Å²) < 4.78 is 19.9. The van der Waals surface area contributed by atoms with Crippen molar-refractivity contribution in [3.8, 4) is 5.75 Å². The first-order chi connectivity index (χ1) is 16.7. The molecule has 184 valence electrons. The number of hydrogen-bond donors (Lipinski definition) is 1. The molecule has 8 heteroatoms. The monoisotopic (exact) mass is 560 g/mol. The van der Waals surface area contributed by atoms with Crippen molar-refractivity contribution in [2.75, 3.05) is 6.61 Å². The standard InChI is InChI=1S/C27H27BrClFN2O3/c1-18(2)31-27(34)24(14-19-6-4-3-5-7-19)32(16-20-8-11-22(30)12-9-20)26(33)17-35-25-13-10-21(29)15-23(25)28/h3-13,15,18,24H,14,16-17H2,1-2H3,(H,31,34). The fraction of sp³-hybridized carbons (Fsp3) is 0.259. The summed E-state index contributed by atoms with van der Waals surface area (Å²) >= 11 is 9.38. The van der Waals surface area contributed by atoms with Crippen molar-refractivity contribution >= 4 is 39.3 Å². The highest BCUT2D eigenvalue weighted by Crippen LogP contribution is 2.28. The minimum atomic E-state index is -0.797. The lowest BCUT2D eigenvalue weighted by Gasteiger charge is -2.32. The average molecular weight is 562 g/mol. The second kappa shape index (κ2) is 12.7. The fourth-order valence-electron chi connectivity index (χ4n) is 3.54. The van der Waals surface area contributed by atoms with Crippen LogP contribution >= 0.6 is 27.5 Å². The number of halogens is 3. The lowest BCUT2D eigenvalue weighted by molar-refractivity contribution is -0.143. The summed E-state index contributed by atoms with van der Waals surface area (Å²) in [6.45, 7) is 3.56. The van der Waals surface area contributed by atoms with E-state index in [1.54, 1.807) is 30.3 Å². The molecule has 35 heavy (non-hydrogen) atoms. The fourth-order valence-corrected chi connectivity index (χ4v) is 4.33. The van der Waals surface area contributed by atoms with Gasteiger partial charge in [-0.25, -0.2) is 4.39 Å². The molecule has 1 N–H and O–H groups in total. The maximum absolute atomic E-state index is 13.5. The molecule has 0 fully saturated rings. The van der Waals surface area contributed by atoms with Gasteiger partial charge < -0.3 is 15.0 Å². The second-order valence-electron chi connectivity index (χ2n) is 8.38. The van der Waals surface area contributed by atoms with Gasteiger partial charge in [0.1, 0.15) is 17.6 Å². The van der Waals surface area contributed by atoms with E-state index in [0.29, 0.717) is 27.2 Å². The summed E-state index contributed by atoms with van der Waals surface area (Å²) in [6.07, 6.45) is 0.316. The zero-order chi connectivity index (χ0) is 25.4. The zero-order valence-corrected chi connectivity index (χ0v) is 21.9. The Morgan fingerprint density at radius 3 is 2.34 bits per heavy atom. The van der Waals surface area contributed by atoms with Crippen molar-refractivity contribution in [3.63, 3.8) is 0 Å². The third-order valence-electron chi connectivity index (χ3n) is 5.21. The second-order valence-corrected chi connectivity index (χ2v) is 9.67. The lowest BCUT2D eigenvalue weighted by Crippen LogP contribution is -2.52. The van der Waals surface area contributed by atoms with Gasteiger partial charge in [-0.05, 0) is 71.2 Å². The summed E-state index contributed by atoms with van der Waals surface area (Å²) in [4.78, 5) is 28.3. The molecule has 0 aliphatic carbocycles. The Bertz CT molecular complexity index is 1140. The summed E-state index contributed by atoms with van der Waals surface area (Å²) in [7, 11) is 0. The Hall–Kier alpha value is -2.90. The normalized spacial score (nSPS) is 11.7. The molecule has 0 aliphatic rings. The number of nitrogens with zero attached hydrogens (tertiary/aromatic N) is 1. The average Bonchev–Trinajstić information content (AvgIpc) is 2.82. The van der Waals surface area contributed by atoms with Crippen LogP contribution in [-0.2, 0) is 22.6 Å². The Balaban J connectivity index is 1.91. The molecule has 0 aliphatic heterocycles. The minimum Gasteiger partial charge on any atom is -0.483 e. The number of carbonyl (C=O) groups excluding carboxylic acids is 2. The van der Waals surface area contributed by atoms with E-state index in [4.69, 9.17) is 16.3 Å². The van der Waals surface area contributed by atoms with Gasteiger partial charge in [0.2, 0.25) is 5.91 Å². The largest absolute Gasteiger partial charge is 0.483 e. The van der Waals surface area contributed by atoms with Gasteiger partial charge in [-0.1, -0.05) is 54.1 Å². The van der Waals surface area contributed by atoms with Crippen LogP contribution in [0.1, 0.15) is 25.0 Å². The van der Waals surface area contributed by atoms with Crippen molar-refractivity contribution in [2.24, 2.45) is 0 Å². The molecule has 0 aromatic heterocycles. The molecule has 5 nitrogen and oxygen atoms in total. The molecule has 3 aromatic rings. The summed E-state index contributed by atoms with van der Waals surface area (Å²) in [6, 6.07) is 19.5. The van der Waals surface area contributed by atoms with Crippen LogP contribution in [0.3, 0.4) is 0 Å². The maximum atomic E-state index is 13.5. The van der Waals surface area contributed by atoms with E-state index in [1.807, 2.05) is 44.2 Å². The highest BCUT2D eigenvalue weighted by atomic mass is 79.9. The number of amides is 2. The smallest absolute Gasteiger partial charge is 0.261 e. The molecule has 0 bridgehead atoms. The highest BCUT2D eigenvalue weighted by molar-refractivity contribution is 9.10. The van der Waals surface area contributed by atoms with E-state index < -0.39 is 6.04 Å². The van der Waals surface area contributed by atoms with Crippen LogP contribution < -0.4 is 10.1 Å². The summed E-state index contributed by atoms with van der Waals surface area (Å²) in [5, 5.41) is 3.46. The molecule has 0 saturated heterocycles. The van der Waals surface area contributed by atoms with E-state index in [2.05, 4.69) is 21.2 Å². The van der Waals surface area contributed by atoms with Crippen LogP contribution in [0.4, 0.5) is 4.39 Å². The number of benzene rings is 3. The molecule has 1 atom stereocenters. The molecular weight excluding hydrogens is 535 g/mol. The number of hydrogen-bond acceptors (Lipinski definition) is 3. The Morgan fingerprint density at radius 2 is 1.71 bits per heavy atom. The van der Waals surface area contributed by atoms with E-state index in [-0.39, 0.29) is 36.8 Å². The Morgan fingerprint density at radius 1 is 1.03 bits per heavy atom. The van der Waals surface area contributed by atoms with Gasteiger partial charge in [-0.15, -0.1) is 0 Å². The van der Waals surface area contributed by atoms with Gasteiger partial charge in [0.25, 0.3) is 5.91 Å². The van der Waals surface area contributed by atoms with Crippen LogP contribution in [0.15, 0.2) is 77.3 Å². The maximum Gasteiger partial charge on any atom is 0.261 e. The third kappa shape index (κ3) is 8.08. The minimum absolute atomic E-state index is 0.107. The lowest BCUT2D eigenvalue weighted by atomic mass is 10.0. The number of carbonyl (C=O) groups is 2. The van der Waals surface area contributed by atoms with Gasteiger partial charge in [-0.3, -0.25) is 9.59 Å². The Labute approximate surface area is 218 Å². The van der Waals surface area contributed by atoms with Gasteiger partial charge in [0.05, 0.1) is 4.47 Å². The van der Waals surface area contributed by atoms with Crippen molar-refractivity contribution in [1.29, 1.82) is 0 Å². The molecule has 0 radical (unpaired) electrons. The molecular formula is C27H27BrClFN2O3. The molecule has 0 heterocycles. The Kier molecular flexibility index (Phi) is 9.69. The zero-order valence-electron chi connectivity index (χ0n) is 19.5. The van der Waals surface area contributed by atoms with Crippen LogP contribution in [-0.4, -0.2) is 35.4 Å². The van der Waals surface area contributed by atoms with Crippen LogP contribution in [0.5, 0.6) is 5.75 Å². The van der Waals surface area contributed by atoms with Crippen LogP contribution in [0.2, 0.25) is 5.02 Å². The van der Waals surface area contributed by atoms with Crippen molar-refractivity contribution in [3.05, 3.63) is 99.2 Å². The molecule has 3 rings (SSSR count). The van der Waals surface area contributed by atoms with Gasteiger partial charge in [-0.2, -0.15) is 0 Å². The van der Waals surface area contributed by atoms with E-state index in [9.17, 15) is 14.0 Å². The summed E-state index contributed by atoms with van der Waals surface area (Å²) in [5.41, 5.74) is 1.61. The van der Waals surface area contributed by atoms with Gasteiger partial charge >= 0.3 is 0 Å².